The number of benzene rings is 1. The fourth-order valence-corrected chi connectivity index (χ4v) is 3.02. The number of rotatable bonds is 6. The summed E-state index contributed by atoms with van der Waals surface area (Å²) in [5, 5.41) is 7.07. The summed E-state index contributed by atoms with van der Waals surface area (Å²) in [6.45, 7) is 8.58. The topological polar surface area (TPSA) is 65.4 Å². The molecule has 0 saturated carbocycles. The summed E-state index contributed by atoms with van der Waals surface area (Å²) in [7, 11) is 0. The second kappa shape index (κ2) is 7.64. The van der Waals surface area contributed by atoms with E-state index < -0.39 is 0 Å². The Labute approximate surface area is 153 Å². The number of aromatic nitrogens is 2. The quantitative estimate of drug-likeness (QED) is 0.800. The minimum atomic E-state index is -0.218. The number of nitrogens with zero attached hydrogens (tertiary/aromatic N) is 2. The second-order valence-electron chi connectivity index (χ2n) is 6.64. The first-order chi connectivity index (χ1) is 12.5. The van der Waals surface area contributed by atoms with Crippen LogP contribution in [-0.4, -0.2) is 28.4 Å². The summed E-state index contributed by atoms with van der Waals surface area (Å²) in [6.07, 6.45) is 5.96. The molecule has 6 heteroatoms. The van der Waals surface area contributed by atoms with Crippen LogP contribution in [0.1, 0.15) is 44.9 Å². The molecular weight excluding hydrogens is 330 g/mol. The summed E-state index contributed by atoms with van der Waals surface area (Å²) >= 11 is 0. The van der Waals surface area contributed by atoms with E-state index >= 15 is 0 Å². The fraction of sp³-hybridized carbons (Fsp3) is 0.400. The molecule has 0 bridgehead atoms. The van der Waals surface area contributed by atoms with Crippen molar-refractivity contribution in [1.29, 1.82) is 0 Å². The molecule has 0 spiro atoms. The van der Waals surface area contributed by atoms with E-state index in [1.165, 1.54) is 6.08 Å². The Kier molecular flexibility index (Phi) is 5.30. The first-order valence-corrected chi connectivity index (χ1v) is 8.97. The lowest BCUT2D eigenvalue weighted by Crippen LogP contribution is -2.14. The van der Waals surface area contributed by atoms with Crippen LogP contribution < -0.4 is 14.8 Å². The van der Waals surface area contributed by atoms with Gasteiger partial charge in [-0.25, -0.2) is 4.68 Å². The average molecular weight is 355 g/mol. The number of carbonyl (C=O) groups is 1. The van der Waals surface area contributed by atoms with E-state index in [-0.39, 0.29) is 18.1 Å². The normalized spacial score (nSPS) is 16.0. The van der Waals surface area contributed by atoms with Crippen LogP contribution in [0.3, 0.4) is 0 Å². The van der Waals surface area contributed by atoms with Crippen LogP contribution >= 0.6 is 0 Å². The van der Waals surface area contributed by atoms with Crippen LogP contribution in [0.5, 0.6) is 11.5 Å². The van der Waals surface area contributed by atoms with Gasteiger partial charge in [0.2, 0.25) is 5.91 Å². The predicted molar refractivity (Wildman–Crippen MR) is 102 cm³/mol. The molecule has 2 heterocycles. The summed E-state index contributed by atoms with van der Waals surface area (Å²) in [4.78, 5) is 12.3. The monoisotopic (exact) mass is 355 g/mol. The first-order valence-electron chi connectivity index (χ1n) is 8.97. The highest BCUT2D eigenvalue weighted by Gasteiger charge is 2.21. The first kappa shape index (κ1) is 18.0. The average Bonchev–Trinajstić information content (AvgIpc) is 3.18. The van der Waals surface area contributed by atoms with E-state index in [0.29, 0.717) is 12.4 Å². The number of fused-ring (bicyclic) bond motifs is 1. The van der Waals surface area contributed by atoms with Gasteiger partial charge in [0.1, 0.15) is 23.4 Å². The van der Waals surface area contributed by atoms with Crippen molar-refractivity contribution in [1.82, 2.24) is 9.78 Å². The zero-order valence-corrected chi connectivity index (χ0v) is 15.7. The second-order valence-corrected chi connectivity index (χ2v) is 6.64. The van der Waals surface area contributed by atoms with Crippen LogP contribution in [0.4, 0.5) is 5.82 Å². The lowest BCUT2D eigenvalue weighted by molar-refractivity contribution is -0.111. The fourth-order valence-electron chi connectivity index (χ4n) is 3.02. The van der Waals surface area contributed by atoms with Crippen molar-refractivity contribution in [2.45, 2.75) is 46.3 Å². The third-order valence-electron chi connectivity index (χ3n) is 4.15. The van der Waals surface area contributed by atoms with Crippen molar-refractivity contribution in [2.24, 2.45) is 0 Å². The van der Waals surface area contributed by atoms with E-state index in [4.69, 9.17) is 9.47 Å². The van der Waals surface area contributed by atoms with E-state index in [9.17, 15) is 4.79 Å². The van der Waals surface area contributed by atoms with Gasteiger partial charge in [-0.05, 0) is 45.9 Å². The highest BCUT2D eigenvalue weighted by molar-refractivity contribution is 6.01. The molecule has 1 aromatic heterocycles. The Hall–Kier alpha value is -2.76. The minimum Gasteiger partial charge on any atom is -0.493 e. The van der Waals surface area contributed by atoms with Gasteiger partial charge in [0.05, 0.1) is 12.8 Å². The minimum absolute atomic E-state index is 0.165. The standard InChI is InChI=1S/C20H25N3O3/c1-5-25-17-12-16-10-14(4)26-18(16)11-15(17)6-7-20(24)22-19-8-9-21-23(19)13(2)3/h6-9,11-14H,5,10H2,1-4H3,(H,22,24)/b7-6+. The van der Waals surface area contributed by atoms with Crippen molar-refractivity contribution in [3.05, 3.63) is 41.6 Å². The van der Waals surface area contributed by atoms with Crippen molar-refractivity contribution in [2.75, 3.05) is 11.9 Å². The Bertz CT molecular complexity index is 824. The van der Waals surface area contributed by atoms with E-state index in [2.05, 4.69) is 10.4 Å². The van der Waals surface area contributed by atoms with Gasteiger partial charge >= 0.3 is 0 Å². The highest BCUT2D eigenvalue weighted by atomic mass is 16.5. The molecule has 1 atom stereocenters. The molecule has 1 amide bonds. The number of anilines is 1. The van der Waals surface area contributed by atoms with Crippen molar-refractivity contribution in [3.63, 3.8) is 0 Å². The third-order valence-corrected chi connectivity index (χ3v) is 4.15. The number of hydrogen-bond donors (Lipinski definition) is 1. The van der Waals surface area contributed by atoms with E-state index in [1.54, 1.807) is 23.0 Å². The third kappa shape index (κ3) is 3.90. The van der Waals surface area contributed by atoms with Gasteiger partial charge < -0.3 is 14.8 Å². The largest absolute Gasteiger partial charge is 0.493 e. The summed E-state index contributed by atoms with van der Waals surface area (Å²) < 4.78 is 13.3. The molecule has 2 aromatic rings. The lowest BCUT2D eigenvalue weighted by atomic mass is 10.1. The molecule has 6 nitrogen and oxygen atoms in total. The van der Waals surface area contributed by atoms with Gasteiger partial charge in [-0.3, -0.25) is 4.79 Å². The molecule has 0 fully saturated rings. The molecule has 138 valence electrons. The van der Waals surface area contributed by atoms with Gasteiger partial charge in [0.25, 0.3) is 0 Å². The highest BCUT2D eigenvalue weighted by Crippen LogP contribution is 2.35. The van der Waals surface area contributed by atoms with E-state index in [1.807, 2.05) is 39.8 Å². The van der Waals surface area contributed by atoms with Crippen LogP contribution in [0.15, 0.2) is 30.5 Å². The number of ether oxygens (including phenoxy) is 2. The maximum absolute atomic E-state index is 12.3. The molecule has 0 aliphatic carbocycles. The molecule has 1 aliphatic rings. The Balaban J connectivity index is 1.78. The Morgan fingerprint density at radius 3 is 3.04 bits per heavy atom. The van der Waals surface area contributed by atoms with Gasteiger partial charge in [-0.15, -0.1) is 0 Å². The number of hydrogen-bond acceptors (Lipinski definition) is 4. The molecule has 1 unspecified atom stereocenters. The van der Waals surface area contributed by atoms with Crippen LogP contribution in [-0.2, 0) is 11.2 Å². The Morgan fingerprint density at radius 1 is 1.50 bits per heavy atom. The number of carbonyl (C=O) groups excluding carboxylic acids is 1. The van der Waals surface area contributed by atoms with Gasteiger partial charge in [0, 0.05) is 35.7 Å². The molecule has 1 aromatic carbocycles. The number of nitrogens with one attached hydrogen (secondary N) is 1. The maximum Gasteiger partial charge on any atom is 0.249 e. The molecular formula is C20H25N3O3. The maximum atomic E-state index is 12.3. The SMILES string of the molecule is CCOc1cc2c(cc1/C=C/C(=O)Nc1ccnn1C(C)C)OC(C)C2. The zero-order chi connectivity index (χ0) is 18.7. The predicted octanol–water partition coefficient (Wildman–Crippen LogP) is 3.84. The summed E-state index contributed by atoms with van der Waals surface area (Å²) in [6, 6.07) is 5.89. The summed E-state index contributed by atoms with van der Waals surface area (Å²) in [5.41, 5.74) is 1.97. The smallest absolute Gasteiger partial charge is 0.249 e. The van der Waals surface area contributed by atoms with Gasteiger partial charge in [0.15, 0.2) is 0 Å². The molecule has 1 N–H and O–H groups in total. The lowest BCUT2D eigenvalue weighted by Gasteiger charge is -2.11. The van der Waals surface area contributed by atoms with Crippen LogP contribution in [0.25, 0.3) is 6.08 Å². The van der Waals surface area contributed by atoms with Crippen LogP contribution in [0, 0.1) is 0 Å². The molecule has 0 radical (unpaired) electrons. The molecule has 26 heavy (non-hydrogen) atoms. The van der Waals surface area contributed by atoms with Gasteiger partial charge in [-0.2, -0.15) is 5.10 Å². The molecule has 0 saturated heterocycles. The zero-order valence-electron chi connectivity index (χ0n) is 15.7. The molecule has 3 rings (SSSR count). The van der Waals surface area contributed by atoms with E-state index in [0.717, 1.165) is 29.0 Å². The molecule has 1 aliphatic heterocycles. The van der Waals surface area contributed by atoms with Gasteiger partial charge in [-0.1, -0.05) is 0 Å². The van der Waals surface area contributed by atoms with Crippen molar-refractivity contribution in [3.8, 4) is 11.5 Å². The summed E-state index contributed by atoms with van der Waals surface area (Å²) in [5.74, 6) is 2.08. The number of amides is 1. The van der Waals surface area contributed by atoms with Crippen molar-refractivity contribution >= 4 is 17.8 Å². The Morgan fingerprint density at radius 2 is 2.31 bits per heavy atom. The van der Waals surface area contributed by atoms with Crippen molar-refractivity contribution < 1.29 is 14.3 Å². The van der Waals surface area contributed by atoms with Crippen LogP contribution in [0.2, 0.25) is 0 Å².